The summed E-state index contributed by atoms with van der Waals surface area (Å²) in [5, 5.41) is 12.0. The van der Waals surface area contributed by atoms with Gasteiger partial charge in [-0.1, -0.05) is 96.2 Å². The van der Waals surface area contributed by atoms with Crippen LogP contribution in [0.25, 0.3) is 11.4 Å². The average molecular weight is 500 g/mol. The minimum Gasteiger partial charge on any atom is -0.368 e. The molecule has 0 atom stereocenters. The molecule has 36 heavy (non-hydrogen) atoms. The summed E-state index contributed by atoms with van der Waals surface area (Å²) in [7, 11) is 0. The Morgan fingerprint density at radius 2 is 1.61 bits per heavy atom. The van der Waals surface area contributed by atoms with Crippen molar-refractivity contribution in [1.82, 2.24) is 20.1 Å². The van der Waals surface area contributed by atoms with Gasteiger partial charge in [0.15, 0.2) is 11.0 Å². The molecule has 0 saturated carbocycles. The third kappa shape index (κ3) is 6.60. The molecule has 0 aliphatic heterocycles. The van der Waals surface area contributed by atoms with Gasteiger partial charge in [0.2, 0.25) is 11.8 Å². The maximum atomic E-state index is 12.6. The number of rotatable bonds is 11. The zero-order chi connectivity index (χ0) is 25.3. The molecule has 7 nitrogen and oxygen atoms in total. The van der Waals surface area contributed by atoms with Gasteiger partial charge in [-0.25, -0.2) is 0 Å². The minimum absolute atomic E-state index is 0.0595. The molecule has 0 saturated heterocycles. The van der Waals surface area contributed by atoms with E-state index in [1.54, 1.807) is 4.57 Å². The zero-order valence-corrected chi connectivity index (χ0v) is 20.9. The highest BCUT2D eigenvalue weighted by Crippen LogP contribution is 2.28. The average Bonchev–Trinajstić information content (AvgIpc) is 3.28. The SMILES string of the molecule is Cc1cccc(-c2nnc(SCC(=O)NCCC(c3ccccc3)c3ccccc3)n2CC(N)=O)c1. The third-order valence-electron chi connectivity index (χ3n) is 5.80. The lowest BCUT2D eigenvalue weighted by Crippen LogP contribution is -2.27. The fraction of sp³-hybridized carbons (Fsp3) is 0.214. The number of hydrogen-bond acceptors (Lipinski definition) is 5. The fourth-order valence-corrected chi connectivity index (χ4v) is 4.89. The normalized spacial score (nSPS) is 10.9. The van der Waals surface area contributed by atoms with Crippen molar-refractivity contribution in [2.24, 2.45) is 5.73 Å². The second-order valence-electron chi connectivity index (χ2n) is 8.53. The van der Waals surface area contributed by atoms with Crippen molar-refractivity contribution in [3.05, 3.63) is 102 Å². The van der Waals surface area contributed by atoms with Crippen molar-refractivity contribution < 1.29 is 9.59 Å². The summed E-state index contributed by atoms with van der Waals surface area (Å²) in [4.78, 5) is 24.3. The number of primary amides is 1. The molecule has 3 aromatic carbocycles. The molecule has 0 aliphatic rings. The van der Waals surface area contributed by atoms with Gasteiger partial charge in [-0.3, -0.25) is 14.2 Å². The van der Waals surface area contributed by atoms with Crippen LogP contribution in [0, 0.1) is 6.92 Å². The number of carbonyl (C=O) groups is 2. The third-order valence-corrected chi connectivity index (χ3v) is 6.77. The van der Waals surface area contributed by atoms with Gasteiger partial charge in [0, 0.05) is 18.0 Å². The first-order chi connectivity index (χ1) is 17.5. The molecule has 3 N–H and O–H groups in total. The molecule has 1 aromatic heterocycles. The Morgan fingerprint density at radius 1 is 0.944 bits per heavy atom. The highest BCUT2D eigenvalue weighted by Gasteiger charge is 2.18. The van der Waals surface area contributed by atoms with E-state index in [4.69, 9.17) is 5.73 Å². The molecule has 0 unspecified atom stereocenters. The maximum Gasteiger partial charge on any atom is 0.237 e. The molecule has 1 heterocycles. The fourth-order valence-electron chi connectivity index (χ4n) is 4.13. The number of aryl methyl sites for hydroxylation is 1. The molecule has 4 aromatic rings. The van der Waals surface area contributed by atoms with Gasteiger partial charge < -0.3 is 11.1 Å². The number of nitrogens with two attached hydrogens (primary N) is 1. The van der Waals surface area contributed by atoms with Crippen LogP contribution in [0.15, 0.2) is 90.1 Å². The van der Waals surface area contributed by atoms with E-state index in [0.717, 1.165) is 17.5 Å². The lowest BCUT2D eigenvalue weighted by atomic mass is 9.88. The topological polar surface area (TPSA) is 103 Å². The van der Waals surface area contributed by atoms with Gasteiger partial charge in [-0.15, -0.1) is 10.2 Å². The first-order valence-electron chi connectivity index (χ1n) is 11.8. The molecule has 0 aliphatic carbocycles. The number of thioether (sulfide) groups is 1. The van der Waals surface area contributed by atoms with Crippen LogP contribution in [0.1, 0.15) is 29.0 Å². The van der Waals surface area contributed by atoms with Crippen LogP contribution in [-0.2, 0) is 16.1 Å². The Hall–Kier alpha value is -3.91. The Morgan fingerprint density at radius 3 is 2.22 bits per heavy atom. The number of nitrogens with zero attached hydrogens (tertiary/aromatic N) is 3. The number of carbonyl (C=O) groups excluding carboxylic acids is 2. The Balaban J connectivity index is 1.38. The Kier molecular flexibility index (Phi) is 8.52. The largest absolute Gasteiger partial charge is 0.368 e. The number of aromatic nitrogens is 3. The van der Waals surface area contributed by atoms with Gasteiger partial charge >= 0.3 is 0 Å². The van der Waals surface area contributed by atoms with Crippen LogP contribution in [-0.4, -0.2) is 38.9 Å². The van der Waals surface area contributed by atoms with E-state index < -0.39 is 5.91 Å². The molecule has 4 rings (SSSR count). The predicted octanol–water partition coefficient (Wildman–Crippen LogP) is 4.17. The minimum atomic E-state index is -0.497. The van der Waals surface area contributed by atoms with E-state index in [1.807, 2.05) is 67.6 Å². The van der Waals surface area contributed by atoms with Gasteiger partial charge in [0.05, 0.1) is 5.75 Å². The Labute approximate surface area is 215 Å². The van der Waals surface area contributed by atoms with Crippen LogP contribution in [0.3, 0.4) is 0 Å². The van der Waals surface area contributed by atoms with Crippen molar-refractivity contribution >= 4 is 23.6 Å². The first-order valence-corrected chi connectivity index (χ1v) is 12.8. The van der Waals surface area contributed by atoms with Crippen molar-refractivity contribution in [2.75, 3.05) is 12.3 Å². The summed E-state index contributed by atoms with van der Waals surface area (Å²) in [5.41, 5.74) is 9.82. The van der Waals surface area contributed by atoms with Gasteiger partial charge in [-0.05, 0) is 30.5 Å². The first kappa shape index (κ1) is 25.2. The van der Waals surface area contributed by atoms with Crippen molar-refractivity contribution in [1.29, 1.82) is 0 Å². The Bertz CT molecular complexity index is 1270. The van der Waals surface area contributed by atoms with Crippen molar-refractivity contribution in [2.45, 2.75) is 31.0 Å². The van der Waals surface area contributed by atoms with Crippen molar-refractivity contribution in [3.8, 4) is 11.4 Å². The standard InChI is InChI=1S/C28H29N5O2S/c1-20-9-8-14-23(17-20)27-31-32-28(33(27)18-25(29)34)36-19-26(35)30-16-15-24(21-10-4-2-5-11-21)22-12-6-3-7-13-22/h2-14,17,24H,15-16,18-19H2,1H3,(H2,29,34)(H,30,35). The second-order valence-corrected chi connectivity index (χ2v) is 9.47. The summed E-state index contributed by atoms with van der Waals surface area (Å²) < 4.78 is 1.66. The van der Waals surface area contributed by atoms with Gasteiger partial charge in [0.1, 0.15) is 6.54 Å². The number of amides is 2. The molecule has 0 radical (unpaired) electrons. The van der Waals surface area contributed by atoms with E-state index in [2.05, 4.69) is 39.8 Å². The molecular formula is C28H29N5O2S. The summed E-state index contributed by atoms with van der Waals surface area (Å²) in [6, 6.07) is 28.4. The summed E-state index contributed by atoms with van der Waals surface area (Å²) >= 11 is 1.24. The van der Waals surface area contributed by atoms with E-state index in [9.17, 15) is 9.59 Å². The van der Waals surface area contributed by atoms with E-state index in [-0.39, 0.29) is 24.1 Å². The lowest BCUT2D eigenvalue weighted by Gasteiger charge is -2.18. The van der Waals surface area contributed by atoms with E-state index >= 15 is 0 Å². The van der Waals surface area contributed by atoms with E-state index in [1.165, 1.54) is 22.9 Å². The predicted molar refractivity (Wildman–Crippen MR) is 142 cm³/mol. The molecule has 0 bridgehead atoms. The van der Waals surface area contributed by atoms with Gasteiger partial charge in [-0.2, -0.15) is 0 Å². The van der Waals surface area contributed by atoms with E-state index in [0.29, 0.717) is 17.5 Å². The lowest BCUT2D eigenvalue weighted by molar-refractivity contribution is -0.119. The van der Waals surface area contributed by atoms with Crippen LogP contribution in [0.4, 0.5) is 0 Å². The molecule has 0 spiro atoms. The smallest absolute Gasteiger partial charge is 0.237 e. The summed E-state index contributed by atoms with van der Waals surface area (Å²) in [5.74, 6) is 0.296. The highest BCUT2D eigenvalue weighted by atomic mass is 32.2. The van der Waals surface area contributed by atoms with Gasteiger partial charge in [0.25, 0.3) is 0 Å². The monoisotopic (exact) mass is 499 g/mol. The van der Waals surface area contributed by atoms with Crippen LogP contribution < -0.4 is 11.1 Å². The highest BCUT2D eigenvalue weighted by molar-refractivity contribution is 7.99. The molecule has 8 heteroatoms. The maximum absolute atomic E-state index is 12.6. The quantitative estimate of drug-likeness (QED) is 0.302. The molecule has 2 amide bonds. The van der Waals surface area contributed by atoms with Crippen molar-refractivity contribution in [3.63, 3.8) is 0 Å². The summed E-state index contributed by atoms with van der Waals surface area (Å²) in [6.07, 6.45) is 0.778. The number of hydrogen-bond donors (Lipinski definition) is 2. The number of benzene rings is 3. The van der Waals surface area contributed by atoms with Crippen LogP contribution in [0.5, 0.6) is 0 Å². The molecular weight excluding hydrogens is 470 g/mol. The van der Waals surface area contributed by atoms with Crippen LogP contribution >= 0.6 is 11.8 Å². The molecule has 0 fully saturated rings. The van der Waals surface area contributed by atoms with Crippen LogP contribution in [0.2, 0.25) is 0 Å². The zero-order valence-electron chi connectivity index (χ0n) is 20.1. The summed E-state index contributed by atoms with van der Waals surface area (Å²) in [6.45, 7) is 2.46. The number of nitrogens with one attached hydrogen (secondary N) is 1. The molecule has 184 valence electrons. The second kappa shape index (κ2) is 12.2.